The van der Waals surface area contributed by atoms with E-state index in [9.17, 15) is 0 Å². The van der Waals surface area contributed by atoms with Crippen molar-refractivity contribution in [3.8, 4) is 0 Å². The van der Waals surface area contributed by atoms with Crippen molar-refractivity contribution in [3.63, 3.8) is 0 Å². The van der Waals surface area contributed by atoms with E-state index in [1.807, 2.05) is 0 Å². The lowest BCUT2D eigenvalue weighted by atomic mass is 9.89. The van der Waals surface area contributed by atoms with E-state index in [1.54, 1.807) is 0 Å². The molecule has 0 heterocycles. The zero-order valence-corrected chi connectivity index (χ0v) is 10.5. The summed E-state index contributed by atoms with van der Waals surface area (Å²) in [6, 6.07) is 9.07. The highest BCUT2D eigenvalue weighted by atomic mass is 127. The summed E-state index contributed by atoms with van der Waals surface area (Å²) in [5.41, 5.74) is 2.92. The fourth-order valence-electron chi connectivity index (χ4n) is 1.64. The molecule has 0 radical (unpaired) electrons. The SMILES string of the molecule is CCC(CC)c1ccc(BI)cc1. The minimum absolute atomic E-state index is 0.753. The van der Waals surface area contributed by atoms with Gasteiger partial charge in [0.1, 0.15) is 0 Å². The molecule has 1 aromatic rings. The number of hydrogen-bond donors (Lipinski definition) is 0. The van der Waals surface area contributed by atoms with Gasteiger partial charge in [0.25, 0.3) is 0 Å². The van der Waals surface area contributed by atoms with Crippen molar-refractivity contribution in [3.05, 3.63) is 29.8 Å². The third kappa shape index (κ3) is 3.01. The molecule has 0 nitrogen and oxygen atoms in total. The van der Waals surface area contributed by atoms with Crippen molar-refractivity contribution in [1.82, 2.24) is 0 Å². The van der Waals surface area contributed by atoms with Crippen molar-refractivity contribution < 1.29 is 0 Å². The van der Waals surface area contributed by atoms with Crippen molar-refractivity contribution in [2.24, 2.45) is 0 Å². The predicted octanol–water partition coefficient (Wildman–Crippen LogP) is 3.00. The molecule has 0 saturated heterocycles. The quantitative estimate of drug-likeness (QED) is 0.589. The van der Waals surface area contributed by atoms with Gasteiger partial charge in [0.05, 0.1) is 0 Å². The summed E-state index contributed by atoms with van der Waals surface area (Å²) < 4.78 is 0. The van der Waals surface area contributed by atoms with Gasteiger partial charge in [0.2, 0.25) is 5.14 Å². The van der Waals surface area contributed by atoms with E-state index in [0.29, 0.717) is 0 Å². The van der Waals surface area contributed by atoms with Crippen LogP contribution in [0.15, 0.2) is 24.3 Å². The molecule has 0 saturated carbocycles. The van der Waals surface area contributed by atoms with Gasteiger partial charge in [-0.1, -0.05) is 43.6 Å². The first kappa shape index (κ1) is 11.1. The van der Waals surface area contributed by atoms with Crippen LogP contribution in [0.4, 0.5) is 0 Å². The van der Waals surface area contributed by atoms with Gasteiger partial charge in [-0.25, -0.2) is 0 Å². The Bertz CT molecular complexity index is 239. The summed E-state index contributed by atoms with van der Waals surface area (Å²) in [4.78, 5) is 0. The van der Waals surface area contributed by atoms with E-state index >= 15 is 0 Å². The summed E-state index contributed by atoms with van der Waals surface area (Å²) >= 11 is 2.40. The van der Waals surface area contributed by atoms with E-state index in [1.165, 1.54) is 23.9 Å². The maximum Gasteiger partial charge on any atom is 0.232 e. The van der Waals surface area contributed by atoms with Crippen LogP contribution in [-0.2, 0) is 0 Å². The monoisotopic (exact) mass is 286 g/mol. The summed E-state index contributed by atoms with van der Waals surface area (Å²) in [6.07, 6.45) is 2.50. The van der Waals surface area contributed by atoms with Gasteiger partial charge < -0.3 is 0 Å². The average molecular weight is 286 g/mol. The molecule has 0 spiro atoms. The molecule has 0 amide bonds. The first-order chi connectivity index (χ1) is 6.31. The maximum atomic E-state index is 2.40. The van der Waals surface area contributed by atoms with Gasteiger partial charge in [-0.3, -0.25) is 0 Å². The molecule has 1 rings (SSSR count). The van der Waals surface area contributed by atoms with Crippen LogP contribution in [0.1, 0.15) is 38.2 Å². The molecule has 1 aromatic carbocycles. The van der Waals surface area contributed by atoms with Gasteiger partial charge in [-0.15, -0.1) is 22.4 Å². The molecule has 0 aliphatic carbocycles. The number of rotatable bonds is 4. The highest BCUT2D eigenvalue weighted by Crippen LogP contribution is 2.21. The fraction of sp³-hybridized carbons (Fsp3) is 0.455. The first-order valence-electron chi connectivity index (χ1n) is 4.96. The molecule has 0 aliphatic heterocycles. The molecule has 0 bridgehead atoms. The fourth-order valence-corrected chi connectivity index (χ4v) is 2.15. The average Bonchev–Trinajstić information content (AvgIpc) is 2.21. The predicted molar refractivity (Wildman–Crippen MR) is 70.6 cm³/mol. The third-order valence-corrected chi connectivity index (χ3v) is 3.47. The lowest BCUT2D eigenvalue weighted by Crippen LogP contribution is -2.08. The van der Waals surface area contributed by atoms with Crippen molar-refractivity contribution in [2.45, 2.75) is 32.6 Å². The lowest BCUT2D eigenvalue weighted by molar-refractivity contribution is 0.642. The molecule has 13 heavy (non-hydrogen) atoms. The van der Waals surface area contributed by atoms with E-state index in [-0.39, 0.29) is 0 Å². The van der Waals surface area contributed by atoms with E-state index in [2.05, 4.69) is 60.5 Å². The van der Waals surface area contributed by atoms with Crippen molar-refractivity contribution in [1.29, 1.82) is 0 Å². The van der Waals surface area contributed by atoms with Gasteiger partial charge >= 0.3 is 0 Å². The van der Waals surface area contributed by atoms with Crippen molar-refractivity contribution in [2.75, 3.05) is 0 Å². The minimum Gasteiger partial charge on any atom is -0.148 e. The molecular formula is C11H16BI. The van der Waals surface area contributed by atoms with Crippen LogP contribution in [0.25, 0.3) is 0 Å². The smallest absolute Gasteiger partial charge is 0.148 e. The minimum atomic E-state index is 0.753. The second kappa shape index (κ2) is 5.68. The third-order valence-electron chi connectivity index (χ3n) is 2.59. The maximum absolute atomic E-state index is 2.40. The van der Waals surface area contributed by atoms with E-state index < -0.39 is 0 Å². The van der Waals surface area contributed by atoms with Crippen LogP contribution in [0.3, 0.4) is 0 Å². The van der Waals surface area contributed by atoms with Crippen LogP contribution in [0.2, 0.25) is 0 Å². The van der Waals surface area contributed by atoms with Crippen LogP contribution in [0.5, 0.6) is 0 Å². The standard InChI is InChI=1S/C11H16BI/c1-3-9(4-2)10-5-7-11(12-13)8-6-10/h5-9,12H,3-4H2,1-2H3. The van der Waals surface area contributed by atoms with Crippen LogP contribution in [0, 0.1) is 0 Å². The topological polar surface area (TPSA) is 0 Å². The first-order valence-corrected chi connectivity index (χ1v) is 6.49. The Morgan fingerprint density at radius 3 is 2.08 bits per heavy atom. The zero-order chi connectivity index (χ0) is 9.68. The highest BCUT2D eigenvalue weighted by molar-refractivity contribution is 14.1. The normalized spacial score (nSPS) is 10.5. The Labute approximate surface area is 95.2 Å². The lowest BCUT2D eigenvalue weighted by Gasteiger charge is -2.12. The Hall–Kier alpha value is 0.0149. The Kier molecular flexibility index (Phi) is 4.85. The highest BCUT2D eigenvalue weighted by Gasteiger charge is 2.05. The Balaban J connectivity index is 2.78. The second-order valence-electron chi connectivity index (χ2n) is 3.39. The van der Waals surface area contributed by atoms with Crippen LogP contribution < -0.4 is 5.46 Å². The Morgan fingerprint density at radius 2 is 1.69 bits per heavy atom. The molecule has 0 unspecified atom stereocenters. The number of hydrogen-bond acceptors (Lipinski definition) is 0. The summed E-state index contributed by atoms with van der Waals surface area (Å²) in [5.74, 6) is 0.753. The van der Waals surface area contributed by atoms with Crippen molar-refractivity contribution >= 4 is 33.0 Å². The van der Waals surface area contributed by atoms with Gasteiger partial charge in [-0.05, 0) is 24.3 Å². The summed E-state index contributed by atoms with van der Waals surface area (Å²) in [6.45, 7) is 4.53. The molecule has 0 fully saturated rings. The van der Waals surface area contributed by atoms with Gasteiger partial charge in [-0.2, -0.15) is 0 Å². The van der Waals surface area contributed by atoms with E-state index in [4.69, 9.17) is 0 Å². The largest absolute Gasteiger partial charge is 0.232 e. The van der Waals surface area contributed by atoms with E-state index in [0.717, 1.165) is 11.1 Å². The van der Waals surface area contributed by atoms with Crippen LogP contribution >= 0.6 is 22.4 Å². The molecule has 0 aliphatic rings. The number of benzene rings is 1. The second-order valence-corrected chi connectivity index (χ2v) is 4.15. The molecular weight excluding hydrogens is 270 g/mol. The van der Waals surface area contributed by atoms with Gasteiger partial charge in [0, 0.05) is 0 Å². The molecule has 70 valence electrons. The molecule has 0 atom stereocenters. The number of halogens is 1. The zero-order valence-electron chi connectivity index (χ0n) is 8.39. The summed E-state index contributed by atoms with van der Waals surface area (Å²) in [7, 11) is 0. The molecule has 0 N–H and O–H groups in total. The molecule has 0 aromatic heterocycles. The van der Waals surface area contributed by atoms with Crippen LogP contribution in [-0.4, -0.2) is 5.14 Å². The van der Waals surface area contributed by atoms with Gasteiger partial charge in [0.15, 0.2) is 0 Å². The molecule has 2 heteroatoms. The Morgan fingerprint density at radius 1 is 1.15 bits per heavy atom. The summed E-state index contributed by atoms with van der Waals surface area (Å²) in [5, 5.41) is 1.11.